The molecule has 0 aliphatic rings. The third kappa shape index (κ3) is 1.72. The molecular formula is C13H7Cl2NO2. The third-order valence-electron chi connectivity index (χ3n) is 2.69. The number of H-pyrrole nitrogens is 1. The van der Waals surface area contributed by atoms with Crippen molar-refractivity contribution in [2.24, 2.45) is 0 Å². The standard InChI is InChI=1S/C13H7Cl2NO2/c14-7-4-9(15)12-8(6-16-10(12)5-7)13(17)11-2-1-3-18-11/h1-6,16H. The third-order valence-corrected chi connectivity index (χ3v) is 3.20. The molecule has 0 unspecified atom stereocenters. The van der Waals surface area contributed by atoms with E-state index >= 15 is 0 Å². The molecule has 1 aromatic carbocycles. The van der Waals surface area contributed by atoms with Crippen molar-refractivity contribution in [1.29, 1.82) is 0 Å². The minimum Gasteiger partial charge on any atom is -0.461 e. The summed E-state index contributed by atoms with van der Waals surface area (Å²) < 4.78 is 5.10. The van der Waals surface area contributed by atoms with E-state index in [9.17, 15) is 4.79 Å². The smallest absolute Gasteiger partial charge is 0.230 e. The fourth-order valence-corrected chi connectivity index (χ4v) is 2.50. The summed E-state index contributed by atoms with van der Waals surface area (Å²) >= 11 is 12.0. The molecule has 0 aliphatic carbocycles. The summed E-state index contributed by atoms with van der Waals surface area (Å²) in [5.74, 6) is 0.0670. The van der Waals surface area contributed by atoms with Gasteiger partial charge in [0.15, 0.2) is 5.76 Å². The molecule has 0 fully saturated rings. The van der Waals surface area contributed by atoms with Crippen LogP contribution in [0.4, 0.5) is 0 Å². The van der Waals surface area contributed by atoms with Gasteiger partial charge in [-0.05, 0) is 24.3 Å². The molecule has 1 N–H and O–H groups in total. The van der Waals surface area contributed by atoms with E-state index in [0.29, 0.717) is 21.0 Å². The zero-order valence-corrected chi connectivity index (χ0v) is 10.5. The van der Waals surface area contributed by atoms with Crippen molar-refractivity contribution in [1.82, 2.24) is 4.98 Å². The molecule has 0 aliphatic heterocycles. The van der Waals surface area contributed by atoms with Gasteiger partial charge in [-0.25, -0.2) is 0 Å². The fourth-order valence-electron chi connectivity index (χ4n) is 1.90. The number of halogens is 2. The first-order chi connectivity index (χ1) is 8.66. The number of benzene rings is 1. The second-order valence-electron chi connectivity index (χ2n) is 3.82. The number of aromatic nitrogens is 1. The van der Waals surface area contributed by atoms with Crippen LogP contribution in [0.15, 0.2) is 41.1 Å². The zero-order chi connectivity index (χ0) is 12.7. The van der Waals surface area contributed by atoms with Gasteiger partial charge in [0.2, 0.25) is 5.78 Å². The van der Waals surface area contributed by atoms with Crippen LogP contribution in [0.2, 0.25) is 10.0 Å². The molecule has 3 aromatic rings. The normalized spacial score (nSPS) is 11.0. The van der Waals surface area contributed by atoms with Gasteiger partial charge >= 0.3 is 0 Å². The average Bonchev–Trinajstić information content (AvgIpc) is 2.96. The van der Waals surface area contributed by atoms with Gasteiger partial charge in [-0.2, -0.15) is 0 Å². The van der Waals surface area contributed by atoms with Crippen LogP contribution in [0.3, 0.4) is 0 Å². The van der Waals surface area contributed by atoms with E-state index in [1.54, 1.807) is 30.5 Å². The average molecular weight is 280 g/mol. The first-order valence-electron chi connectivity index (χ1n) is 5.21. The maximum atomic E-state index is 12.2. The molecule has 0 spiro atoms. The van der Waals surface area contributed by atoms with Crippen molar-refractivity contribution in [2.45, 2.75) is 0 Å². The van der Waals surface area contributed by atoms with Crippen molar-refractivity contribution in [3.63, 3.8) is 0 Å². The highest BCUT2D eigenvalue weighted by Gasteiger charge is 2.18. The molecule has 0 saturated heterocycles. The van der Waals surface area contributed by atoms with Gasteiger partial charge in [0.25, 0.3) is 0 Å². The molecule has 0 atom stereocenters. The number of ketones is 1. The number of aromatic amines is 1. The molecule has 18 heavy (non-hydrogen) atoms. The highest BCUT2D eigenvalue weighted by molar-refractivity contribution is 6.40. The lowest BCUT2D eigenvalue weighted by Gasteiger charge is -1.99. The van der Waals surface area contributed by atoms with E-state index < -0.39 is 0 Å². The minimum absolute atomic E-state index is 0.213. The molecular weight excluding hydrogens is 273 g/mol. The summed E-state index contributed by atoms with van der Waals surface area (Å²) in [6.07, 6.45) is 3.07. The van der Waals surface area contributed by atoms with E-state index in [1.807, 2.05) is 0 Å². The lowest BCUT2D eigenvalue weighted by molar-refractivity contribution is 0.101. The monoisotopic (exact) mass is 279 g/mol. The van der Waals surface area contributed by atoms with Crippen LogP contribution >= 0.6 is 23.2 Å². The van der Waals surface area contributed by atoms with Crippen LogP contribution in [0.1, 0.15) is 16.1 Å². The first-order valence-corrected chi connectivity index (χ1v) is 5.97. The molecule has 2 aromatic heterocycles. The number of hydrogen-bond acceptors (Lipinski definition) is 2. The summed E-state index contributed by atoms with van der Waals surface area (Å²) in [7, 11) is 0. The van der Waals surface area contributed by atoms with Gasteiger partial charge in [0, 0.05) is 22.1 Å². The topological polar surface area (TPSA) is 46.0 Å². The Labute approximate surface area is 112 Å². The molecule has 0 amide bonds. The number of carbonyl (C=O) groups is 1. The van der Waals surface area contributed by atoms with Crippen LogP contribution in [-0.4, -0.2) is 10.8 Å². The maximum Gasteiger partial charge on any atom is 0.230 e. The van der Waals surface area contributed by atoms with Crippen molar-refractivity contribution in [3.05, 3.63) is 58.1 Å². The predicted molar refractivity (Wildman–Crippen MR) is 70.5 cm³/mol. The highest BCUT2D eigenvalue weighted by Crippen LogP contribution is 2.31. The van der Waals surface area contributed by atoms with Crippen molar-refractivity contribution >= 4 is 39.9 Å². The highest BCUT2D eigenvalue weighted by atomic mass is 35.5. The predicted octanol–water partition coefficient (Wildman–Crippen LogP) is 4.30. The van der Waals surface area contributed by atoms with E-state index in [4.69, 9.17) is 27.6 Å². The van der Waals surface area contributed by atoms with Gasteiger partial charge in [-0.1, -0.05) is 23.2 Å². The maximum absolute atomic E-state index is 12.2. The molecule has 5 heteroatoms. The van der Waals surface area contributed by atoms with Crippen LogP contribution in [0, 0.1) is 0 Å². The molecule has 90 valence electrons. The summed E-state index contributed by atoms with van der Waals surface area (Å²) in [5, 5.41) is 1.61. The number of hydrogen-bond donors (Lipinski definition) is 1. The van der Waals surface area contributed by atoms with Crippen LogP contribution < -0.4 is 0 Å². The van der Waals surface area contributed by atoms with Crippen molar-refractivity contribution in [2.75, 3.05) is 0 Å². The molecule has 0 saturated carbocycles. The minimum atomic E-state index is -0.213. The Morgan fingerprint density at radius 1 is 1.28 bits per heavy atom. The van der Waals surface area contributed by atoms with Gasteiger partial charge in [0.1, 0.15) is 0 Å². The molecule has 0 bridgehead atoms. The molecule has 2 heterocycles. The SMILES string of the molecule is O=C(c1ccco1)c1c[nH]c2cc(Cl)cc(Cl)c12. The Hall–Kier alpha value is -1.71. The largest absolute Gasteiger partial charge is 0.461 e. The summed E-state index contributed by atoms with van der Waals surface area (Å²) in [5.41, 5.74) is 1.20. The Kier molecular flexibility index (Phi) is 2.65. The lowest BCUT2D eigenvalue weighted by atomic mass is 10.1. The quantitative estimate of drug-likeness (QED) is 0.711. The number of carbonyl (C=O) groups excluding carboxylic acids is 1. The summed E-state index contributed by atoms with van der Waals surface area (Å²) in [6, 6.07) is 6.62. The Morgan fingerprint density at radius 2 is 2.11 bits per heavy atom. The second kappa shape index (κ2) is 4.19. The van der Waals surface area contributed by atoms with Gasteiger partial charge in [-0.3, -0.25) is 4.79 Å². The van der Waals surface area contributed by atoms with E-state index in [2.05, 4.69) is 4.98 Å². The number of furan rings is 1. The van der Waals surface area contributed by atoms with E-state index in [-0.39, 0.29) is 11.5 Å². The lowest BCUT2D eigenvalue weighted by Crippen LogP contribution is -1.98. The van der Waals surface area contributed by atoms with Gasteiger partial charge in [0.05, 0.1) is 16.8 Å². The zero-order valence-electron chi connectivity index (χ0n) is 9.04. The first kappa shape index (κ1) is 11.4. The van der Waals surface area contributed by atoms with Crippen LogP contribution in [0.25, 0.3) is 10.9 Å². The fraction of sp³-hybridized carbons (Fsp3) is 0. The summed E-state index contributed by atoms with van der Waals surface area (Å²) in [6.45, 7) is 0. The van der Waals surface area contributed by atoms with Crippen molar-refractivity contribution < 1.29 is 9.21 Å². The van der Waals surface area contributed by atoms with E-state index in [1.165, 1.54) is 6.26 Å². The molecule has 3 nitrogen and oxygen atoms in total. The summed E-state index contributed by atoms with van der Waals surface area (Å²) in [4.78, 5) is 15.2. The van der Waals surface area contributed by atoms with E-state index in [0.717, 1.165) is 5.52 Å². The van der Waals surface area contributed by atoms with Gasteiger partial charge in [-0.15, -0.1) is 0 Å². The van der Waals surface area contributed by atoms with Crippen LogP contribution in [0.5, 0.6) is 0 Å². The molecule has 3 rings (SSSR count). The molecule has 0 radical (unpaired) electrons. The van der Waals surface area contributed by atoms with Crippen molar-refractivity contribution in [3.8, 4) is 0 Å². The second-order valence-corrected chi connectivity index (χ2v) is 4.66. The Balaban J connectivity index is 2.22. The Morgan fingerprint density at radius 3 is 2.83 bits per heavy atom. The number of fused-ring (bicyclic) bond motifs is 1. The number of rotatable bonds is 2. The number of nitrogens with one attached hydrogen (secondary N) is 1. The van der Waals surface area contributed by atoms with Crippen LogP contribution in [-0.2, 0) is 0 Å². The van der Waals surface area contributed by atoms with Gasteiger partial charge < -0.3 is 9.40 Å². The Bertz CT molecular complexity index is 729.